The number of hydrogen-bond donors (Lipinski definition) is 1. The highest BCUT2D eigenvalue weighted by Crippen LogP contribution is 2.37. The SMILES string of the molecule is O=C(C1CC1)N1CCc2cc(NS(=O)(=O)c3ccc(F)cc3)ccc21. The number of hydrogen-bond acceptors (Lipinski definition) is 3. The Kier molecular flexibility index (Phi) is 3.76. The zero-order valence-corrected chi connectivity index (χ0v) is 14.2. The van der Waals surface area contributed by atoms with E-state index in [-0.39, 0.29) is 16.7 Å². The largest absolute Gasteiger partial charge is 0.312 e. The summed E-state index contributed by atoms with van der Waals surface area (Å²) in [5.74, 6) is -0.169. The first-order chi connectivity index (χ1) is 11.9. The number of nitrogens with one attached hydrogen (secondary N) is 1. The van der Waals surface area contributed by atoms with Gasteiger partial charge >= 0.3 is 0 Å². The van der Waals surface area contributed by atoms with Gasteiger partial charge in [-0.1, -0.05) is 0 Å². The summed E-state index contributed by atoms with van der Waals surface area (Å²) < 4.78 is 40.2. The van der Waals surface area contributed by atoms with Crippen molar-refractivity contribution in [3.05, 3.63) is 53.8 Å². The van der Waals surface area contributed by atoms with Crippen molar-refractivity contribution in [2.75, 3.05) is 16.2 Å². The Balaban J connectivity index is 1.56. The Hall–Kier alpha value is -2.41. The monoisotopic (exact) mass is 360 g/mol. The average Bonchev–Trinajstić information content (AvgIpc) is 3.34. The summed E-state index contributed by atoms with van der Waals surface area (Å²) in [5, 5.41) is 0. The number of benzene rings is 2. The standard InChI is InChI=1S/C18H17FN2O3S/c19-14-3-6-16(7-4-14)25(23,24)20-15-5-8-17-13(11-15)9-10-21(17)18(22)12-1-2-12/h3-8,11-12,20H,1-2,9-10H2. The molecule has 25 heavy (non-hydrogen) atoms. The number of carbonyl (C=O) groups is 1. The molecule has 1 saturated carbocycles. The van der Waals surface area contributed by atoms with Crippen molar-refractivity contribution >= 4 is 27.3 Å². The summed E-state index contributed by atoms with van der Waals surface area (Å²) in [6.07, 6.45) is 2.63. The summed E-state index contributed by atoms with van der Waals surface area (Å²) in [6, 6.07) is 9.86. The molecule has 0 bridgehead atoms. The number of fused-ring (bicyclic) bond motifs is 1. The Morgan fingerprint density at radius 2 is 1.84 bits per heavy atom. The van der Waals surface area contributed by atoms with Crippen LogP contribution in [0.25, 0.3) is 0 Å². The second kappa shape index (κ2) is 5.84. The molecule has 1 aliphatic carbocycles. The highest BCUT2D eigenvalue weighted by Gasteiger charge is 2.36. The fourth-order valence-electron chi connectivity index (χ4n) is 3.07. The molecule has 1 aliphatic heterocycles. The van der Waals surface area contributed by atoms with Gasteiger partial charge in [0.15, 0.2) is 0 Å². The van der Waals surface area contributed by atoms with Gasteiger partial charge in [-0.25, -0.2) is 12.8 Å². The number of anilines is 2. The van der Waals surface area contributed by atoms with Crippen LogP contribution in [0.3, 0.4) is 0 Å². The second-order valence-electron chi connectivity index (χ2n) is 6.42. The van der Waals surface area contributed by atoms with E-state index in [2.05, 4.69) is 4.72 Å². The van der Waals surface area contributed by atoms with Crippen LogP contribution < -0.4 is 9.62 Å². The lowest BCUT2D eigenvalue weighted by Crippen LogP contribution is -2.30. The number of sulfonamides is 1. The molecule has 7 heteroatoms. The number of carbonyl (C=O) groups excluding carboxylic acids is 1. The van der Waals surface area contributed by atoms with Crippen molar-refractivity contribution < 1.29 is 17.6 Å². The van der Waals surface area contributed by atoms with Crippen LogP contribution in [0.1, 0.15) is 18.4 Å². The molecule has 1 fully saturated rings. The molecular weight excluding hydrogens is 343 g/mol. The van der Waals surface area contributed by atoms with Gasteiger partial charge in [-0.2, -0.15) is 0 Å². The molecule has 1 N–H and O–H groups in total. The first-order valence-electron chi connectivity index (χ1n) is 8.17. The van der Waals surface area contributed by atoms with Gasteiger partial charge in [0.2, 0.25) is 5.91 Å². The Bertz CT molecular complexity index is 937. The molecule has 1 amide bonds. The maximum Gasteiger partial charge on any atom is 0.261 e. The maximum atomic E-state index is 13.0. The molecule has 2 aromatic carbocycles. The van der Waals surface area contributed by atoms with Gasteiger partial charge in [-0.3, -0.25) is 9.52 Å². The fraction of sp³-hybridized carbons (Fsp3) is 0.278. The van der Waals surface area contributed by atoms with E-state index < -0.39 is 15.8 Å². The van der Waals surface area contributed by atoms with Crippen LogP contribution in [0.5, 0.6) is 0 Å². The summed E-state index contributed by atoms with van der Waals surface area (Å²) in [7, 11) is -3.78. The first kappa shape index (κ1) is 16.1. The van der Waals surface area contributed by atoms with Gasteiger partial charge in [0.1, 0.15) is 5.82 Å². The van der Waals surface area contributed by atoms with E-state index >= 15 is 0 Å². The molecule has 0 spiro atoms. The van der Waals surface area contributed by atoms with E-state index in [1.807, 2.05) is 0 Å². The van der Waals surface area contributed by atoms with E-state index in [9.17, 15) is 17.6 Å². The van der Waals surface area contributed by atoms with Crippen LogP contribution in [-0.4, -0.2) is 20.9 Å². The molecule has 2 aromatic rings. The normalized spacial score (nSPS) is 16.6. The molecule has 0 radical (unpaired) electrons. The third kappa shape index (κ3) is 3.11. The van der Waals surface area contributed by atoms with Crippen LogP contribution in [0.4, 0.5) is 15.8 Å². The molecule has 0 unspecified atom stereocenters. The quantitative estimate of drug-likeness (QED) is 0.912. The van der Waals surface area contributed by atoms with Crippen LogP contribution in [0.2, 0.25) is 0 Å². The Morgan fingerprint density at radius 1 is 1.12 bits per heavy atom. The number of amides is 1. The lowest BCUT2D eigenvalue weighted by atomic mass is 10.1. The predicted molar refractivity (Wildman–Crippen MR) is 92.4 cm³/mol. The summed E-state index contributed by atoms with van der Waals surface area (Å²) in [6.45, 7) is 0.638. The molecule has 0 atom stereocenters. The van der Waals surface area contributed by atoms with Gasteiger partial charge in [0, 0.05) is 23.8 Å². The van der Waals surface area contributed by atoms with Gasteiger partial charge in [-0.05, 0) is 67.3 Å². The highest BCUT2D eigenvalue weighted by molar-refractivity contribution is 7.92. The molecule has 5 nitrogen and oxygen atoms in total. The van der Waals surface area contributed by atoms with Crippen LogP contribution in [0, 0.1) is 11.7 Å². The summed E-state index contributed by atoms with van der Waals surface area (Å²) in [4.78, 5) is 14.1. The van der Waals surface area contributed by atoms with Gasteiger partial charge in [0.05, 0.1) is 4.90 Å². The van der Waals surface area contributed by atoms with E-state index in [1.54, 1.807) is 23.1 Å². The van der Waals surface area contributed by atoms with Crippen LogP contribution in [0.15, 0.2) is 47.4 Å². The topological polar surface area (TPSA) is 66.5 Å². The van der Waals surface area contributed by atoms with Crippen LogP contribution >= 0.6 is 0 Å². The van der Waals surface area contributed by atoms with E-state index in [1.165, 1.54) is 12.1 Å². The van der Waals surface area contributed by atoms with E-state index in [0.29, 0.717) is 18.7 Å². The maximum absolute atomic E-state index is 13.0. The molecule has 4 rings (SSSR count). The lowest BCUT2D eigenvalue weighted by Gasteiger charge is -2.17. The van der Waals surface area contributed by atoms with E-state index in [0.717, 1.165) is 36.2 Å². The average molecular weight is 360 g/mol. The summed E-state index contributed by atoms with van der Waals surface area (Å²) >= 11 is 0. The van der Waals surface area contributed by atoms with Crippen molar-refractivity contribution in [2.24, 2.45) is 5.92 Å². The Labute approximate surface area is 145 Å². The third-order valence-electron chi connectivity index (χ3n) is 4.54. The van der Waals surface area contributed by atoms with Gasteiger partial charge in [0.25, 0.3) is 10.0 Å². The zero-order valence-electron chi connectivity index (χ0n) is 13.4. The summed E-state index contributed by atoms with van der Waals surface area (Å²) in [5.41, 5.74) is 2.25. The second-order valence-corrected chi connectivity index (χ2v) is 8.10. The highest BCUT2D eigenvalue weighted by atomic mass is 32.2. The Morgan fingerprint density at radius 3 is 2.52 bits per heavy atom. The lowest BCUT2D eigenvalue weighted by molar-refractivity contribution is -0.119. The first-order valence-corrected chi connectivity index (χ1v) is 9.65. The number of nitrogens with zero attached hydrogens (tertiary/aromatic N) is 1. The van der Waals surface area contributed by atoms with Crippen LogP contribution in [-0.2, 0) is 21.2 Å². The van der Waals surface area contributed by atoms with Gasteiger partial charge in [-0.15, -0.1) is 0 Å². The fourth-order valence-corrected chi connectivity index (χ4v) is 4.12. The van der Waals surface area contributed by atoms with Gasteiger partial charge < -0.3 is 4.90 Å². The minimum absolute atomic E-state index is 0.0000591. The third-order valence-corrected chi connectivity index (χ3v) is 5.94. The van der Waals surface area contributed by atoms with E-state index in [4.69, 9.17) is 0 Å². The number of rotatable bonds is 4. The minimum atomic E-state index is -3.78. The molecule has 1 heterocycles. The molecule has 0 aromatic heterocycles. The van der Waals surface area contributed by atoms with Crippen molar-refractivity contribution in [1.29, 1.82) is 0 Å². The molecular formula is C18H17FN2O3S. The number of halogens is 1. The van der Waals surface area contributed by atoms with Crippen molar-refractivity contribution in [3.8, 4) is 0 Å². The zero-order chi connectivity index (χ0) is 17.6. The minimum Gasteiger partial charge on any atom is -0.312 e. The smallest absolute Gasteiger partial charge is 0.261 e. The van der Waals surface area contributed by atoms with Crippen molar-refractivity contribution in [2.45, 2.75) is 24.2 Å². The predicted octanol–water partition coefficient (Wildman–Crippen LogP) is 2.93. The molecule has 2 aliphatic rings. The van der Waals surface area contributed by atoms with Crippen molar-refractivity contribution in [1.82, 2.24) is 0 Å². The molecule has 130 valence electrons. The molecule has 0 saturated heterocycles. The van der Waals surface area contributed by atoms with Crippen molar-refractivity contribution in [3.63, 3.8) is 0 Å².